The molecule has 1 N–H and O–H groups in total. The molecule has 3 aromatic rings. The van der Waals surface area contributed by atoms with E-state index in [0.717, 1.165) is 17.1 Å². The summed E-state index contributed by atoms with van der Waals surface area (Å²) in [6.07, 6.45) is 0. The van der Waals surface area contributed by atoms with Crippen LogP contribution in [0.15, 0.2) is 66.7 Å². The zero-order valence-electron chi connectivity index (χ0n) is 16.5. The van der Waals surface area contributed by atoms with Crippen LogP contribution in [0.25, 0.3) is 0 Å². The smallest absolute Gasteiger partial charge is 0.274 e. The lowest BCUT2D eigenvalue weighted by molar-refractivity contribution is 0.0778. The number of aromatic nitrogens is 2. The van der Waals surface area contributed by atoms with E-state index in [1.807, 2.05) is 54.6 Å². The average Bonchev–Trinajstić information content (AvgIpc) is 2.77. The van der Waals surface area contributed by atoms with Gasteiger partial charge in [0.15, 0.2) is 5.69 Å². The summed E-state index contributed by atoms with van der Waals surface area (Å²) in [5.41, 5.74) is 1.37. The number of nitrogens with zero attached hydrogens (tertiary/aromatic N) is 3. The molecule has 0 aliphatic heterocycles. The van der Waals surface area contributed by atoms with Crippen LogP contribution in [0.4, 0.5) is 5.82 Å². The maximum Gasteiger partial charge on any atom is 0.274 e. The van der Waals surface area contributed by atoms with Crippen LogP contribution < -0.4 is 14.8 Å². The minimum absolute atomic E-state index is 0.171. The summed E-state index contributed by atoms with van der Waals surface area (Å²) in [6.45, 7) is 1.54. The number of carbonyl (C=O) groups is 1. The number of benzene rings is 2. The zero-order chi connectivity index (χ0) is 20.5. The molecule has 0 saturated heterocycles. The van der Waals surface area contributed by atoms with E-state index in [-0.39, 0.29) is 5.91 Å². The Morgan fingerprint density at radius 2 is 1.69 bits per heavy atom. The highest BCUT2D eigenvalue weighted by molar-refractivity contribution is 5.92. The first-order valence-corrected chi connectivity index (χ1v) is 9.29. The second-order valence-electron chi connectivity index (χ2n) is 6.40. The van der Waals surface area contributed by atoms with E-state index in [4.69, 9.17) is 9.47 Å². The second kappa shape index (κ2) is 10.1. The Balaban J connectivity index is 1.44. The molecule has 2 aromatic carbocycles. The van der Waals surface area contributed by atoms with Crippen molar-refractivity contribution < 1.29 is 14.3 Å². The fourth-order valence-electron chi connectivity index (χ4n) is 2.69. The first-order valence-electron chi connectivity index (χ1n) is 9.29. The number of hydrogen-bond acceptors (Lipinski definition) is 6. The van der Waals surface area contributed by atoms with Crippen LogP contribution in [0.5, 0.6) is 11.5 Å². The third-order valence-corrected chi connectivity index (χ3v) is 4.23. The molecule has 1 heterocycles. The van der Waals surface area contributed by atoms with Gasteiger partial charge in [-0.25, -0.2) is 0 Å². The Kier molecular flexibility index (Phi) is 7.00. The standard InChI is InChI=1S/C22H24N4O3/c1-26(16-17-6-4-3-5-7-17)22(27)20-12-13-21(25-24-20)23-14-15-29-19-10-8-18(28-2)9-11-19/h3-13H,14-16H2,1-2H3,(H,23,25). The minimum atomic E-state index is -0.171. The molecule has 0 atom stereocenters. The molecule has 0 saturated carbocycles. The van der Waals surface area contributed by atoms with Crippen LogP contribution in [-0.2, 0) is 6.54 Å². The molecule has 0 radical (unpaired) electrons. The molecule has 0 aliphatic carbocycles. The summed E-state index contributed by atoms with van der Waals surface area (Å²) in [5, 5.41) is 11.2. The maximum absolute atomic E-state index is 12.5. The summed E-state index contributed by atoms with van der Waals surface area (Å²) >= 11 is 0. The fraction of sp³-hybridized carbons (Fsp3) is 0.227. The van der Waals surface area contributed by atoms with Gasteiger partial charge in [-0.15, -0.1) is 10.2 Å². The van der Waals surface area contributed by atoms with Crippen molar-refractivity contribution in [1.82, 2.24) is 15.1 Å². The normalized spacial score (nSPS) is 10.3. The molecule has 1 amide bonds. The highest BCUT2D eigenvalue weighted by Gasteiger charge is 2.14. The van der Waals surface area contributed by atoms with Crippen LogP contribution in [0.1, 0.15) is 16.1 Å². The average molecular weight is 392 g/mol. The van der Waals surface area contributed by atoms with E-state index < -0.39 is 0 Å². The van der Waals surface area contributed by atoms with Crippen LogP contribution >= 0.6 is 0 Å². The molecule has 7 nitrogen and oxygen atoms in total. The van der Waals surface area contributed by atoms with Gasteiger partial charge in [-0.2, -0.15) is 0 Å². The molecule has 0 spiro atoms. The molecule has 3 rings (SSSR count). The number of amides is 1. The Hall–Kier alpha value is -3.61. The Bertz CT molecular complexity index is 900. The lowest BCUT2D eigenvalue weighted by atomic mass is 10.2. The molecule has 0 aliphatic rings. The van der Waals surface area contributed by atoms with Gasteiger partial charge < -0.3 is 19.7 Å². The zero-order valence-corrected chi connectivity index (χ0v) is 16.5. The molecule has 29 heavy (non-hydrogen) atoms. The van der Waals surface area contributed by atoms with Gasteiger partial charge in [-0.1, -0.05) is 30.3 Å². The number of nitrogens with one attached hydrogen (secondary N) is 1. The summed E-state index contributed by atoms with van der Waals surface area (Å²) in [4.78, 5) is 14.1. The number of anilines is 1. The summed E-state index contributed by atoms with van der Waals surface area (Å²) < 4.78 is 10.8. The van der Waals surface area contributed by atoms with Crippen LogP contribution in [-0.4, -0.2) is 48.3 Å². The lowest BCUT2D eigenvalue weighted by Gasteiger charge is -2.16. The number of methoxy groups -OCH3 is 1. The number of rotatable bonds is 9. The monoisotopic (exact) mass is 392 g/mol. The predicted octanol–water partition coefficient (Wildman–Crippen LogP) is 3.25. The van der Waals surface area contributed by atoms with E-state index in [1.54, 1.807) is 31.2 Å². The van der Waals surface area contributed by atoms with Gasteiger partial charge in [0.25, 0.3) is 5.91 Å². The van der Waals surface area contributed by atoms with Gasteiger partial charge in [0.05, 0.1) is 13.7 Å². The molecular weight excluding hydrogens is 368 g/mol. The van der Waals surface area contributed by atoms with Crippen molar-refractivity contribution in [3.63, 3.8) is 0 Å². The highest BCUT2D eigenvalue weighted by Crippen LogP contribution is 2.16. The topological polar surface area (TPSA) is 76.6 Å². The molecular formula is C22H24N4O3. The Morgan fingerprint density at radius 3 is 2.34 bits per heavy atom. The number of hydrogen-bond donors (Lipinski definition) is 1. The second-order valence-corrected chi connectivity index (χ2v) is 6.40. The Labute approximate surface area is 170 Å². The molecule has 150 valence electrons. The Morgan fingerprint density at radius 1 is 0.966 bits per heavy atom. The predicted molar refractivity (Wildman–Crippen MR) is 111 cm³/mol. The molecule has 1 aromatic heterocycles. The SMILES string of the molecule is COc1ccc(OCCNc2ccc(C(=O)N(C)Cc3ccccc3)nn2)cc1. The fourth-order valence-corrected chi connectivity index (χ4v) is 2.69. The van der Waals surface area contributed by atoms with Crippen molar-refractivity contribution >= 4 is 11.7 Å². The third kappa shape index (κ3) is 5.93. The van der Waals surface area contributed by atoms with Gasteiger partial charge in [0.2, 0.25) is 0 Å². The first kappa shape index (κ1) is 20.1. The highest BCUT2D eigenvalue weighted by atomic mass is 16.5. The summed E-state index contributed by atoms with van der Waals surface area (Å²) in [5.74, 6) is 1.97. The van der Waals surface area contributed by atoms with E-state index >= 15 is 0 Å². The van der Waals surface area contributed by atoms with Crippen molar-refractivity contribution in [3.05, 3.63) is 78.0 Å². The van der Waals surface area contributed by atoms with Gasteiger partial charge in [-0.3, -0.25) is 4.79 Å². The van der Waals surface area contributed by atoms with E-state index in [9.17, 15) is 4.79 Å². The largest absolute Gasteiger partial charge is 0.497 e. The quantitative estimate of drug-likeness (QED) is 0.564. The molecule has 0 unspecified atom stereocenters. The van der Waals surface area contributed by atoms with Crippen molar-refractivity contribution in [2.24, 2.45) is 0 Å². The van der Waals surface area contributed by atoms with Crippen LogP contribution in [0.3, 0.4) is 0 Å². The van der Waals surface area contributed by atoms with E-state index in [1.165, 1.54) is 0 Å². The first-order chi connectivity index (χ1) is 14.2. The molecule has 7 heteroatoms. The minimum Gasteiger partial charge on any atom is -0.497 e. The number of carbonyl (C=O) groups excluding carboxylic acids is 1. The maximum atomic E-state index is 12.5. The van der Waals surface area contributed by atoms with Crippen LogP contribution in [0, 0.1) is 0 Å². The van der Waals surface area contributed by atoms with Crippen molar-refractivity contribution in [2.45, 2.75) is 6.54 Å². The van der Waals surface area contributed by atoms with Gasteiger partial charge in [-0.05, 0) is 42.0 Å². The van der Waals surface area contributed by atoms with Gasteiger partial charge >= 0.3 is 0 Å². The van der Waals surface area contributed by atoms with Gasteiger partial charge in [0, 0.05) is 13.6 Å². The van der Waals surface area contributed by atoms with Crippen molar-refractivity contribution in [3.8, 4) is 11.5 Å². The van der Waals surface area contributed by atoms with Crippen molar-refractivity contribution in [2.75, 3.05) is 32.6 Å². The van der Waals surface area contributed by atoms with E-state index in [0.29, 0.717) is 31.2 Å². The van der Waals surface area contributed by atoms with Gasteiger partial charge in [0.1, 0.15) is 23.9 Å². The van der Waals surface area contributed by atoms with E-state index in [2.05, 4.69) is 15.5 Å². The summed E-state index contributed by atoms with van der Waals surface area (Å²) in [6, 6.07) is 20.6. The van der Waals surface area contributed by atoms with Crippen molar-refractivity contribution in [1.29, 1.82) is 0 Å². The molecule has 0 bridgehead atoms. The molecule has 0 fully saturated rings. The lowest BCUT2D eigenvalue weighted by Crippen LogP contribution is -2.27. The third-order valence-electron chi connectivity index (χ3n) is 4.23. The van der Waals surface area contributed by atoms with Crippen LogP contribution in [0.2, 0.25) is 0 Å². The summed E-state index contributed by atoms with van der Waals surface area (Å²) in [7, 11) is 3.38. The number of ether oxygens (including phenoxy) is 2.